The third-order valence-corrected chi connectivity index (χ3v) is 4.49. The second-order valence-corrected chi connectivity index (χ2v) is 6.31. The molecule has 0 atom stereocenters. The van der Waals surface area contributed by atoms with Crippen molar-refractivity contribution in [1.29, 1.82) is 0 Å². The number of ether oxygens (including phenoxy) is 1. The number of nitrogens with one attached hydrogen (secondary N) is 1. The average molecular weight is 491 g/mol. The van der Waals surface area contributed by atoms with Crippen LogP contribution in [0.3, 0.4) is 0 Å². The zero-order valence-electron chi connectivity index (χ0n) is 14.7. The highest BCUT2D eigenvalue weighted by Gasteiger charge is 2.33. The Morgan fingerprint density at radius 3 is 2.41 bits per heavy atom. The van der Waals surface area contributed by atoms with Crippen LogP contribution in [-0.2, 0) is 6.18 Å². The second kappa shape index (κ2) is 8.81. The Kier molecular flexibility index (Phi) is 6.96. The molecule has 0 spiro atoms. The number of guanidine groups is 1. The van der Waals surface area contributed by atoms with Crippen LogP contribution in [0.25, 0.3) is 0 Å². The summed E-state index contributed by atoms with van der Waals surface area (Å²) < 4.78 is 43.0. The molecule has 1 saturated carbocycles. The van der Waals surface area contributed by atoms with E-state index in [9.17, 15) is 13.2 Å². The summed E-state index contributed by atoms with van der Waals surface area (Å²) in [7, 11) is 1.59. The first kappa shape index (κ1) is 21.3. The molecule has 3 N–H and O–H groups in total. The van der Waals surface area contributed by atoms with Crippen molar-refractivity contribution in [2.45, 2.75) is 31.0 Å². The molecule has 0 unspecified atom stereocenters. The Labute approximate surface area is 173 Å². The predicted molar refractivity (Wildman–Crippen MR) is 111 cm³/mol. The van der Waals surface area contributed by atoms with Gasteiger partial charge in [-0.1, -0.05) is 18.2 Å². The lowest BCUT2D eigenvalue weighted by atomic mass is 9.76. The fourth-order valence-corrected chi connectivity index (χ4v) is 2.99. The Morgan fingerprint density at radius 2 is 1.81 bits per heavy atom. The summed E-state index contributed by atoms with van der Waals surface area (Å²) in [6.45, 7) is 0. The predicted octanol–water partition coefficient (Wildman–Crippen LogP) is 5.00. The quantitative estimate of drug-likeness (QED) is 0.360. The minimum atomic E-state index is -4.30. The number of alkyl halides is 3. The van der Waals surface area contributed by atoms with Crippen molar-refractivity contribution < 1.29 is 17.9 Å². The van der Waals surface area contributed by atoms with Gasteiger partial charge in [-0.2, -0.15) is 13.2 Å². The second-order valence-electron chi connectivity index (χ2n) is 6.31. The van der Waals surface area contributed by atoms with E-state index < -0.39 is 11.7 Å². The van der Waals surface area contributed by atoms with Crippen LogP contribution in [0.1, 0.15) is 29.9 Å². The maximum absolute atomic E-state index is 12.6. The molecule has 27 heavy (non-hydrogen) atoms. The molecule has 0 radical (unpaired) electrons. The third kappa shape index (κ3) is 5.50. The van der Waals surface area contributed by atoms with Gasteiger partial charge in [0.1, 0.15) is 5.75 Å². The number of rotatable bonds is 4. The summed E-state index contributed by atoms with van der Waals surface area (Å²) in [6.07, 6.45) is -2.76. The van der Waals surface area contributed by atoms with Gasteiger partial charge in [0.15, 0.2) is 5.96 Å². The number of halogens is 4. The van der Waals surface area contributed by atoms with E-state index in [1.54, 1.807) is 19.2 Å². The third-order valence-electron chi connectivity index (χ3n) is 4.49. The minimum Gasteiger partial charge on any atom is -0.497 e. The number of hydrogen-bond donors (Lipinski definition) is 2. The van der Waals surface area contributed by atoms with E-state index in [0.29, 0.717) is 11.7 Å². The van der Waals surface area contributed by atoms with Crippen LogP contribution in [-0.4, -0.2) is 19.1 Å². The highest BCUT2D eigenvalue weighted by atomic mass is 127. The molecule has 0 saturated heterocycles. The number of aliphatic imine (C=N–C) groups is 1. The van der Waals surface area contributed by atoms with E-state index in [2.05, 4.69) is 10.3 Å². The molecule has 0 heterocycles. The molecular weight excluding hydrogens is 470 g/mol. The van der Waals surface area contributed by atoms with E-state index in [1.807, 2.05) is 24.3 Å². The number of nitrogens with zero attached hydrogens (tertiary/aromatic N) is 1. The number of benzene rings is 2. The van der Waals surface area contributed by atoms with Gasteiger partial charge in [-0.3, -0.25) is 0 Å². The van der Waals surface area contributed by atoms with Crippen molar-refractivity contribution in [1.82, 2.24) is 0 Å². The van der Waals surface area contributed by atoms with Crippen LogP contribution in [0.2, 0.25) is 0 Å². The molecule has 2 aromatic rings. The summed E-state index contributed by atoms with van der Waals surface area (Å²) in [4.78, 5) is 4.43. The summed E-state index contributed by atoms with van der Waals surface area (Å²) >= 11 is 0. The lowest BCUT2D eigenvalue weighted by Gasteiger charge is -2.33. The maximum atomic E-state index is 12.6. The van der Waals surface area contributed by atoms with Crippen LogP contribution < -0.4 is 15.8 Å². The van der Waals surface area contributed by atoms with Crippen molar-refractivity contribution in [3.8, 4) is 5.75 Å². The zero-order chi connectivity index (χ0) is 18.7. The standard InChI is InChI=1S/C19H20F3N3O.HI/c1-26-17-4-2-3-15(11-17)24-18(23)25-16-9-13(10-16)12-5-7-14(8-6-12)19(20,21)22;/h2-8,11,13,16H,9-10H2,1H3,(H3,23,24,25);1H. The van der Waals surface area contributed by atoms with Gasteiger partial charge in [-0.05, 0) is 48.6 Å². The minimum absolute atomic E-state index is 0. The summed E-state index contributed by atoms with van der Waals surface area (Å²) in [5.41, 5.74) is 7.00. The van der Waals surface area contributed by atoms with Crippen molar-refractivity contribution in [3.63, 3.8) is 0 Å². The van der Waals surface area contributed by atoms with Gasteiger partial charge < -0.3 is 15.8 Å². The molecule has 3 rings (SSSR count). The number of methoxy groups -OCH3 is 1. The van der Waals surface area contributed by atoms with E-state index in [-0.39, 0.29) is 35.9 Å². The summed E-state index contributed by atoms with van der Waals surface area (Å²) in [5.74, 6) is 1.25. The number of nitrogens with two attached hydrogens (primary N) is 1. The highest BCUT2D eigenvalue weighted by molar-refractivity contribution is 14.0. The Morgan fingerprint density at radius 1 is 1.15 bits per heavy atom. The fraction of sp³-hybridized carbons (Fsp3) is 0.316. The molecule has 4 nitrogen and oxygen atoms in total. The monoisotopic (exact) mass is 491 g/mol. The van der Waals surface area contributed by atoms with Gasteiger partial charge in [0.05, 0.1) is 18.7 Å². The Hall–Kier alpha value is -1.97. The normalized spacial score (nSPS) is 19.6. The van der Waals surface area contributed by atoms with Crippen molar-refractivity contribution >= 4 is 35.6 Å². The molecule has 8 heteroatoms. The first-order valence-electron chi connectivity index (χ1n) is 8.26. The van der Waals surface area contributed by atoms with Gasteiger partial charge in [0, 0.05) is 11.8 Å². The molecule has 0 aromatic heterocycles. The molecule has 1 fully saturated rings. The van der Waals surface area contributed by atoms with Crippen LogP contribution in [0.4, 0.5) is 18.9 Å². The number of anilines is 1. The largest absolute Gasteiger partial charge is 0.497 e. The van der Waals surface area contributed by atoms with E-state index in [4.69, 9.17) is 10.5 Å². The van der Waals surface area contributed by atoms with E-state index >= 15 is 0 Å². The molecule has 0 amide bonds. The highest BCUT2D eigenvalue weighted by Crippen LogP contribution is 2.40. The molecule has 1 aliphatic rings. The van der Waals surface area contributed by atoms with Crippen molar-refractivity contribution in [3.05, 3.63) is 59.7 Å². The molecule has 1 aliphatic carbocycles. The van der Waals surface area contributed by atoms with Gasteiger partial charge in [-0.15, -0.1) is 24.0 Å². The van der Waals surface area contributed by atoms with Gasteiger partial charge in [0.25, 0.3) is 0 Å². The molecular formula is C19H21F3IN3O. The molecule has 0 bridgehead atoms. The molecule has 146 valence electrons. The first-order valence-corrected chi connectivity index (χ1v) is 8.26. The Balaban J connectivity index is 0.00000261. The zero-order valence-corrected chi connectivity index (χ0v) is 17.0. The van der Waals surface area contributed by atoms with Crippen LogP contribution in [0, 0.1) is 0 Å². The van der Waals surface area contributed by atoms with Crippen molar-refractivity contribution in [2.75, 3.05) is 12.4 Å². The average Bonchev–Trinajstić information content (AvgIpc) is 2.57. The fourth-order valence-electron chi connectivity index (χ4n) is 2.99. The first-order chi connectivity index (χ1) is 12.3. The number of hydrogen-bond acceptors (Lipinski definition) is 2. The van der Waals surface area contributed by atoms with Gasteiger partial charge in [0.2, 0.25) is 0 Å². The van der Waals surface area contributed by atoms with E-state index in [0.717, 1.165) is 36.2 Å². The SMILES string of the molecule is COc1cccc(NC(N)=NC2CC(c3ccc(C(F)(F)F)cc3)C2)c1.I. The Bertz CT molecular complexity index is 788. The molecule has 2 aromatic carbocycles. The van der Waals surface area contributed by atoms with Crippen LogP contribution in [0.5, 0.6) is 5.75 Å². The summed E-state index contributed by atoms with van der Waals surface area (Å²) in [6, 6.07) is 12.8. The maximum Gasteiger partial charge on any atom is 0.416 e. The lowest BCUT2D eigenvalue weighted by molar-refractivity contribution is -0.137. The van der Waals surface area contributed by atoms with Crippen LogP contribution in [0.15, 0.2) is 53.5 Å². The van der Waals surface area contributed by atoms with Crippen molar-refractivity contribution in [2.24, 2.45) is 10.7 Å². The summed E-state index contributed by atoms with van der Waals surface area (Å²) in [5, 5.41) is 3.02. The molecule has 0 aliphatic heterocycles. The van der Waals surface area contributed by atoms with Crippen LogP contribution >= 0.6 is 24.0 Å². The smallest absolute Gasteiger partial charge is 0.416 e. The lowest BCUT2D eigenvalue weighted by Crippen LogP contribution is -2.31. The van der Waals surface area contributed by atoms with Gasteiger partial charge in [-0.25, -0.2) is 4.99 Å². The topological polar surface area (TPSA) is 59.6 Å². The van der Waals surface area contributed by atoms with E-state index in [1.165, 1.54) is 0 Å². The van der Waals surface area contributed by atoms with Gasteiger partial charge >= 0.3 is 6.18 Å².